The molecular weight excluding hydrogens is 324 g/mol. The van der Waals surface area contributed by atoms with Crippen LogP contribution in [0.1, 0.15) is 86.0 Å². The van der Waals surface area contributed by atoms with Crippen LogP contribution in [-0.2, 0) is 9.59 Å². The lowest BCUT2D eigenvalue weighted by molar-refractivity contribution is -0.138. The van der Waals surface area contributed by atoms with Gasteiger partial charge in [0.25, 0.3) is 0 Å². The summed E-state index contributed by atoms with van der Waals surface area (Å²) in [5, 5.41) is 32.6. The van der Waals surface area contributed by atoms with E-state index in [9.17, 15) is 9.59 Å². The summed E-state index contributed by atoms with van der Waals surface area (Å²) in [6.45, 7) is 10.0. The minimum Gasteiger partial charge on any atom is -0.481 e. The van der Waals surface area contributed by atoms with Crippen LogP contribution in [0.4, 0.5) is 0 Å². The zero-order valence-corrected chi connectivity index (χ0v) is 16.7. The Labute approximate surface area is 153 Å². The van der Waals surface area contributed by atoms with Crippen LogP contribution in [0, 0.1) is 11.8 Å². The third-order valence-electron chi connectivity index (χ3n) is 3.11. The van der Waals surface area contributed by atoms with Gasteiger partial charge in [-0.2, -0.15) is 0 Å². The average molecular weight is 365 g/mol. The Morgan fingerprint density at radius 1 is 0.720 bits per heavy atom. The normalized spacial score (nSPS) is 11.2. The molecule has 6 heteroatoms. The van der Waals surface area contributed by atoms with Gasteiger partial charge in [-0.3, -0.25) is 9.59 Å². The number of carbonyl (C=O) groups is 2. The summed E-state index contributed by atoms with van der Waals surface area (Å²) in [5.74, 6) is 0.0510. The molecule has 0 radical (unpaired) electrons. The van der Waals surface area contributed by atoms with E-state index < -0.39 is 18.0 Å². The molecule has 1 atom stereocenters. The maximum Gasteiger partial charge on any atom is 0.303 e. The minimum atomic E-state index is -0.677. The van der Waals surface area contributed by atoms with Gasteiger partial charge in [-0.05, 0) is 31.6 Å². The first-order chi connectivity index (χ1) is 11.5. The smallest absolute Gasteiger partial charge is 0.303 e. The topological polar surface area (TPSA) is 115 Å². The summed E-state index contributed by atoms with van der Waals surface area (Å²) in [5.41, 5.74) is 0. The van der Waals surface area contributed by atoms with E-state index in [0.717, 1.165) is 38.5 Å². The van der Waals surface area contributed by atoms with E-state index in [2.05, 4.69) is 27.7 Å². The second-order valence-electron chi connectivity index (χ2n) is 7.10. The molecule has 4 N–H and O–H groups in total. The van der Waals surface area contributed by atoms with Crippen LogP contribution in [0.2, 0.25) is 0 Å². The van der Waals surface area contributed by atoms with Crippen LogP contribution in [0.15, 0.2) is 0 Å². The van der Waals surface area contributed by atoms with Gasteiger partial charge in [0.15, 0.2) is 0 Å². The molecule has 0 aromatic heterocycles. The lowest BCUT2D eigenvalue weighted by Gasteiger charge is -2.01. The number of aliphatic hydroxyl groups excluding tert-OH is 2. The van der Waals surface area contributed by atoms with Crippen molar-refractivity contribution < 1.29 is 30.0 Å². The molecule has 0 rings (SSSR count). The summed E-state index contributed by atoms with van der Waals surface area (Å²) in [4.78, 5) is 20.1. The Morgan fingerprint density at radius 3 is 1.16 bits per heavy atom. The highest BCUT2D eigenvalue weighted by atomic mass is 16.4. The Morgan fingerprint density at radius 2 is 1.00 bits per heavy atom. The molecule has 0 aromatic rings. The van der Waals surface area contributed by atoms with E-state index in [1.165, 1.54) is 6.92 Å². The highest BCUT2D eigenvalue weighted by Gasteiger charge is 1.98. The lowest BCUT2D eigenvalue weighted by Crippen LogP contribution is -2.03. The number of hydrogen-bond acceptors (Lipinski definition) is 4. The van der Waals surface area contributed by atoms with Crippen LogP contribution in [0.5, 0.6) is 0 Å². The first-order valence-corrected chi connectivity index (χ1v) is 9.25. The monoisotopic (exact) mass is 364 g/mol. The van der Waals surface area contributed by atoms with Gasteiger partial charge in [-0.1, -0.05) is 53.4 Å². The second kappa shape index (κ2) is 20.9. The number of carboxylic acids is 2. The van der Waals surface area contributed by atoms with Crippen molar-refractivity contribution in [1.29, 1.82) is 0 Å². The molecule has 6 nitrogen and oxygen atoms in total. The number of aliphatic carboxylic acids is 2. The molecule has 0 heterocycles. The Bertz CT molecular complexity index is 274. The van der Waals surface area contributed by atoms with Crippen molar-refractivity contribution in [3.63, 3.8) is 0 Å². The van der Waals surface area contributed by atoms with Crippen molar-refractivity contribution in [2.45, 2.75) is 92.1 Å². The van der Waals surface area contributed by atoms with Crippen molar-refractivity contribution in [2.75, 3.05) is 6.61 Å². The first-order valence-electron chi connectivity index (χ1n) is 9.25. The van der Waals surface area contributed by atoms with Crippen LogP contribution >= 0.6 is 0 Å². The molecule has 25 heavy (non-hydrogen) atoms. The van der Waals surface area contributed by atoms with Crippen LogP contribution < -0.4 is 0 Å². The molecule has 0 spiro atoms. The highest BCUT2D eigenvalue weighted by Crippen LogP contribution is 2.08. The number of rotatable bonds is 11. The largest absolute Gasteiger partial charge is 0.481 e. The average Bonchev–Trinajstić information content (AvgIpc) is 2.48. The van der Waals surface area contributed by atoms with E-state index in [1.807, 2.05) is 0 Å². The van der Waals surface area contributed by atoms with E-state index in [1.54, 1.807) is 0 Å². The molecule has 0 bridgehead atoms. The number of carboxylic acid groups (broad SMARTS) is 2. The van der Waals surface area contributed by atoms with Crippen LogP contribution in [0.25, 0.3) is 0 Å². The van der Waals surface area contributed by atoms with Crippen molar-refractivity contribution >= 4 is 11.9 Å². The third-order valence-corrected chi connectivity index (χ3v) is 3.11. The van der Waals surface area contributed by atoms with Gasteiger partial charge in [0.1, 0.15) is 0 Å². The molecule has 0 fully saturated rings. The molecule has 0 amide bonds. The van der Waals surface area contributed by atoms with Crippen molar-refractivity contribution in [1.82, 2.24) is 0 Å². The molecule has 0 aliphatic carbocycles. The highest BCUT2D eigenvalue weighted by molar-refractivity contribution is 5.66. The maximum atomic E-state index is 10.0. The molecule has 0 aromatic carbocycles. The summed E-state index contributed by atoms with van der Waals surface area (Å²) >= 11 is 0. The standard InChI is InChI=1S/2C8H16O2.C3H8O2/c2*1-7(2)5-3-4-6-8(9)10;1-3(5)2-4/h2*7H,3-6H2,1-2H3,(H,9,10);3-5H,2H2,1H3. The number of hydrogen-bond donors (Lipinski definition) is 4. The van der Waals surface area contributed by atoms with E-state index in [0.29, 0.717) is 24.7 Å². The Hall–Kier alpha value is -1.14. The van der Waals surface area contributed by atoms with E-state index in [-0.39, 0.29) is 6.61 Å². The molecule has 0 aliphatic heterocycles. The minimum absolute atomic E-state index is 0.139. The van der Waals surface area contributed by atoms with E-state index >= 15 is 0 Å². The van der Waals surface area contributed by atoms with Gasteiger partial charge in [-0.15, -0.1) is 0 Å². The van der Waals surface area contributed by atoms with Gasteiger partial charge in [0.05, 0.1) is 12.7 Å². The van der Waals surface area contributed by atoms with Gasteiger partial charge < -0.3 is 20.4 Å². The predicted molar refractivity (Wildman–Crippen MR) is 101 cm³/mol. The maximum absolute atomic E-state index is 10.0. The third kappa shape index (κ3) is 45.0. The molecule has 0 saturated heterocycles. The van der Waals surface area contributed by atoms with Crippen molar-refractivity contribution in [3.8, 4) is 0 Å². The number of aliphatic hydroxyl groups is 2. The van der Waals surface area contributed by atoms with Crippen LogP contribution in [0.3, 0.4) is 0 Å². The fourth-order valence-electron chi connectivity index (χ4n) is 1.66. The SMILES string of the molecule is CC(C)CCCCC(=O)O.CC(C)CCCCC(=O)O.CC(O)CO. The predicted octanol–water partition coefficient (Wildman–Crippen LogP) is 3.93. The summed E-state index contributed by atoms with van der Waals surface area (Å²) < 4.78 is 0. The quantitative estimate of drug-likeness (QED) is 0.413. The van der Waals surface area contributed by atoms with Gasteiger partial charge in [0, 0.05) is 12.8 Å². The first kappa shape index (κ1) is 28.7. The Balaban J connectivity index is -0.000000308. The van der Waals surface area contributed by atoms with Crippen LogP contribution in [-0.4, -0.2) is 45.1 Å². The van der Waals surface area contributed by atoms with Gasteiger partial charge >= 0.3 is 11.9 Å². The fourth-order valence-corrected chi connectivity index (χ4v) is 1.66. The second-order valence-corrected chi connectivity index (χ2v) is 7.10. The number of unbranched alkanes of at least 4 members (excludes halogenated alkanes) is 2. The van der Waals surface area contributed by atoms with Crippen molar-refractivity contribution in [3.05, 3.63) is 0 Å². The Kier molecular flexibility index (Phi) is 24.0. The van der Waals surface area contributed by atoms with Gasteiger partial charge in [-0.25, -0.2) is 0 Å². The molecular formula is C19H40O6. The summed E-state index contributed by atoms with van der Waals surface area (Å²) in [6, 6.07) is 0. The van der Waals surface area contributed by atoms with Crippen molar-refractivity contribution in [2.24, 2.45) is 11.8 Å². The molecule has 0 saturated carbocycles. The molecule has 0 aliphatic rings. The van der Waals surface area contributed by atoms with Gasteiger partial charge in [0.2, 0.25) is 0 Å². The zero-order chi connectivity index (χ0) is 20.3. The molecule has 152 valence electrons. The molecule has 1 unspecified atom stereocenters. The summed E-state index contributed by atoms with van der Waals surface area (Å²) in [7, 11) is 0. The summed E-state index contributed by atoms with van der Waals surface area (Å²) in [6.07, 6.45) is 6.13. The van der Waals surface area contributed by atoms with E-state index in [4.69, 9.17) is 20.4 Å². The lowest BCUT2D eigenvalue weighted by atomic mass is 10.1. The fraction of sp³-hybridized carbons (Fsp3) is 0.895. The zero-order valence-electron chi connectivity index (χ0n) is 16.7.